The lowest BCUT2D eigenvalue weighted by Crippen LogP contribution is -2.52. The topological polar surface area (TPSA) is 85.3 Å². The van der Waals surface area contributed by atoms with E-state index in [1.807, 2.05) is 35.7 Å². The van der Waals surface area contributed by atoms with E-state index in [-0.39, 0.29) is 11.9 Å². The molecule has 0 bridgehead atoms. The Hall–Kier alpha value is -1.95. The van der Waals surface area contributed by atoms with Gasteiger partial charge in [-0.25, -0.2) is 0 Å². The fourth-order valence-electron chi connectivity index (χ4n) is 2.79. The van der Waals surface area contributed by atoms with Crippen molar-refractivity contribution in [3.63, 3.8) is 0 Å². The second-order valence-electron chi connectivity index (χ2n) is 5.55. The van der Waals surface area contributed by atoms with Crippen molar-refractivity contribution >= 4 is 11.6 Å². The summed E-state index contributed by atoms with van der Waals surface area (Å²) in [7, 11) is 0. The molecule has 0 aromatic carbocycles. The maximum atomic E-state index is 12.3. The van der Waals surface area contributed by atoms with Gasteiger partial charge in [0.25, 0.3) is 0 Å². The number of aromatic nitrogens is 3. The Morgan fingerprint density at radius 1 is 1.40 bits per heavy atom. The lowest BCUT2D eigenvalue weighted by molar-refractivity contribution is -0.126. The first-order valence-electron chi connectivity index (χ1n) is 7.00. The van der Waals surface area contributed by atoms with Crippen LogP contribution in [0.2, 0.25) is 0 Å². The monoisotopic (exact) mass is 273 g/mol. The normalized spacial score (nSPS) is 19.1. The SMILES string of the molecule is CC(NC(=O)C1(N)CCCC1)c1nnc2ccccn12. The van der Waals surface area contributed by atoms with Crippen LogP contribution in [-0.2, 0) is 4.79 Å². The molecule has 1 aliphatic rings. The van der Waals surface area contributed by atoms with Gasteiger partial charge in [-0.15, -0.1) is 10.2 Å². The standard InChI is InChI=1S/C14H19N5O/c1-10(16-13(20)14(15)7-3-4-8-14)12-18-17-11-6-2-5-9-19(11)12/h2,5-6,9-10H,3-4,7-8,15H2,1H3,(H,16,20). The number of pyridine rings is 1. The average Bonchev–Trinajstić information content (AvgIpc) is 3.05. The number of carbonyl (C=O) groups excluding carboxylic acids is 1. The highest BCUT2D eigenvalue weighted by Gasteiger charge is 2.37. The molecular weight excluding hydrogens is 254 g/mol. The van der Waals surface area contributed by atoms with Crippen LogP contribution in [-0.4, -0.2) is 26.0 Å². The third-order valence-corrected chi connectivity index (χ3v) is 4.02. The molecule has 3 rings (SSSR count). The van der Waals surface area contributed by atoms with Crippen LogP contribution in [0.3, 0.4) is 0 Å². The second-order valence-corrected chi connectivity index (χ2v) is 5.55. The van der Waals surface area contributed by atoms with E-state index in [0.717, 1.165) is 37.2 Å². The Labute approximate surface area is 117 Å². The van der Waals surface area contributed by atoms with Gasteiger partial charge in [-0.3, -0.25) is 9.20 Å². The number of hydrogen-bond acceptors (Lipinski definition) is 4. The van der Waals surface area contributed by atoms with E-state index < -0.39 is 5.54 Å². The van der Waals surface area contributed by atoms with Crippen molar-refractivity contribution in [1.29, 1.82) is 0 Å². The molecule has 1 atom stereocenters. The van der Waals surface area contributed by atoms with Crippen molar-refractivity contribution in [1.82, 2.24) is 19.9 Å². The smallest absolute Gasteiger partial charge is 0.240 e. The minimum Gasteiger partial charge on any atom is -0.345 e. The molecule has 2 aromatic heterocycles. The van der Waals surface area contributed by atoms with Gasteiger partial charge in [0.2, 0.25) is 5.91 Å². The van der Waals surface area contributed by atoms with E-state index in [1.54, 1.807) is 0 Å². The molecule has 106 valence electrons. The van der Waals surface area contributed by atoms with Crippen LogP contribution in [0.25, 0.3) is 5.65 Å². The molecule has 0 spiro atoms. The minimum absolute atomic E-state index is 0.0878. The number of hydrogen-bond donors (Lipinski definition) is 2. The summed E-state index contributed by atoms with van der Waals surface area (Å²) < 4.78 is 1.88. The number of fused-ring (bicyclic) bond motifs is 1. The zero-order chi connectivity index (χ0) is 14.2. The van der Waals surface area contributed by atoms with Crippen molar-refractivity contribution < 1.29 is 4.79 Å². The Balaban J connectivity index is 1.79. The second kappa shape index (κ2) is 4.86. The third-order valence-electron chi connectivity index (χ3n) is 4.02. The van der Waals surface area contributed by atoms with Crippen LogP contribution in [0.15, 0.2) is 24.4 Å². The van der Waals surface area contributed by atoms with Crippen LogP contribution < -0.4 is 11.1 Å². The molecular formula is C14H19N5O. The maximum absolute atomic E-state index is 12.3. The zero-order valence-corrected chi connectivity index (χ0v) is 11.5. The predicted molar refractivity (Wildman–Crippen MR) is 74.9 cm³/mol. The van der Waals surface area contributed by atoms with Crippen molar-refractivity contribution in [2.75, 3.05) is 0 Å². The molecule has 1 amide bonds. The summed E-state index contributed by atoms with van der Waals surface area (Å²) in [6, 6.07) is 5.48. The summed E-state index contributed by atoms with van der Waals surface area (Å²) in [4.78, 5) is 12.3. The van der Waals surface area contributed by atoms with Gasteiger partial charge in [-0.1, -0.05) is 18.9 Å². The van der Waals surface area contributed by atoms with Gasteiger partial charge < -0.3 is 11.1 Å². The molecule has 0 aliphatic heterocycles. The van der Waals surface area contributed by atoms with Crippen LogP contribution in [0, 0.1) is 0 Å². The van der Waals surface area contributed by atoms with Gasteiger partial charge in [-0.2, -0.15) is 0 Å². The van der Waals surface area contributed by atoms with Gasteiger partial charge >= 0.3 is 0 Å². The fraction of sp³-hybridized carbons (Fsp3) is 0.500. The molecule has 2 aromatic rings. The van der Waals surface area contributed by atoms with Crippen LogP contribution in [0.5, 0.6) is 0 Å². The molecule has 1 fully saturated rings. The van der Waals surface area contributed by atoms with Gasteiger partial charge in [-0.05, 0) is 31.9 Å². The summed E-state index contributed by atoms with van der Waals surface area (Å²) in [5.74, 6) is 0.630. The number of carbonyl (C=O) groups is 1. The third kappa shape index (κ3) is 2.16. The van der Waals surface area contributed by atoms with E-state index in [1.165, 1.54) is 0 Å². The van der Waals surface area contributed by atoms with E-state index in [4.69, 9.17) is 5.73 Å². The van der Waals surface area contributed by atoms with Gasteiger partial charge in [0.15, 0.2) is 11.5 Å². The summed E-state index contributed by atoms with van der Waals surface area (Å²) in [6.07, 6.45) is 5.44. The van der Waals surface area contributed by atoms with Crippen molar-refractivity contribution in [3.05, 3.63) is 30.2 Å². The van der Waals surface area contributed by atoms with E-state index in [0.29, 0.717) is 0 Å². The Morgan fingerprint density at radius 2 is 2.15 bits per heavy atom. The Kier molecular flexibility index (Phi) is 3.17. The molecule has 1 saturated carbocycles. The lowest BCUT2D eigenvalue weighted by Gasteiger charge is -2.24. The van der Waals surface area contributed by atoms with E-state index in [2.05, 4.69) is 15.5 Å². The molecule has 1 aliphatic carbocycles. The molecule has 3 N–H and O–H groups in total. The number of nitrogens with zero attached hydrogens (tertiary/aromatic N) is 3. The molecule has 1 unspecified atom stereocenters. The average molecular weight is 273 g/mol. The summed E-state index contributed by atoms with van der Waals surface area (Å²) in [5.41, 5.74) is 6.22. The van der Waals surface area contributed by atoms with E-state index >= 15 is 0 Å². The molecule has 0 saturated heterocycles. The molecule has 2 heterocycles. The Bertz CT molecular complexity index is 629. The summed E-state index contributed by atoms with van der Waals surface area (Å²) >= 11 is 0. The van der Waals surface area contributed by atoms with Crippen LogP contribution >= 0.6 is 0 Å². The van der Waals surface area contributed by atoms with Crippen molar-refractivity contribution in [3.8, 4) is 0 Å². The number of amides is 1. The highest BCUT2D eigenvalue weighted by molar-refractivity contribution is 5.86. The van der Waals surface area contributed by atoms with Gasteiger partial charge in [0.05, 0.1) is 11.6 Å². The largest absolute Gasteiger partial charge is 0.345 e. The number of rotatable bonds is 3. The number of nitrogens with one attached hydrogen (secondary N) is 1. The lowest BCUT2D eigenvalue weighted by atomic mass is 9.98. The maximum Gasteiger partial charge on any atom is 0.240 e. The molecule has 20 heavy (non-hydrogen) atoms. The zero-order valence-electron chi connectivity index (χ0n) is 11.5. The Morgan fingerprint density at radius 3 is 2.90 bits per heavy atom. The first-order chi connectivity index (χ1) is 9.60. The predicted octanol–water partition coefficient (Wildman–Crippen LogP) is 1.18. The van der Waals surface area contributed by atoms with Crippen LogP contribution in [0.4, 0.5) is 0 Å². The molecule has 0 radical (unpaired) electrons. The highest BCUT2D eigenvalue weighted by Crippen LogP contribution is 2.28. The molecule has 6 nitrogen and oxygen atoms in total. The van der Waals surface area contributed by atoms with Crippen molar-refractivity contribution in [2.45, 2.75) is 44.2 Å². The van der Waals surface area contributed by atoms with E-state index in [9.17, 15) is 4.79 Å². The number of nitrogens with two attached hydrogens (primary N) is 1. The van der Waals surface area contributed by atoms with Crippen LogP contribution in [0.1, 0.15) is 44.5 Å². The van der Waals surface area contributed by atoms with Crippen molar-refractivity contribution in [2.24, 2.45) is 5.73 Å². The highest BCUT2D eigenvalue weighted by atomic mass is 16.2. The van der Waals surface area contributed by atoms with Gasteiger partial charge in [0, 0.05) is 6.20 Å². The fourth-order valence-corrected chi connectivity index (χ4v) is 2.79. The first-order valence-corrected chi connectivity index (χ1v) is 7.00. The summed E-state index contributed by atoms with van der Waals surface area (Å²) in [5, 5.41) is 11.2. The first kappa shape index (κ1) is 13.1. The summed E-state index contributed by atoms with van der Waals surface area (Å²) in [6.45, 7) is 1.90. The minimum atomic E-state index is -0.714. The van der Waals surface area contributed by atoms with Gasteiger partial charge in [0.1, 0.15) is 0 Å². The quantitative estimate of drug-likeness (QED) is 0.879. The molecule has 6 heteroatoms.